The summed E-state index contributed by atoms with van der Waals surface area (Å²) in [5.41, 5.74) is 5.29. The number of anilines is 4. The highest BCUT2D eigenvalue weighted by atomic mass is 15.2. The summed E-state index contributed by atoms with van der Waals surface area (Å²) in [6.07, 6.45) is 0. The second kappa shape index (κ2) is 6.48. The number of aryl methyl sites for hydroxylation is 3. The maximum atomic E-state index is 4.67. The van der Waals surface area contributed by atoms with Crippen LogP contribution in [0.15, 0.2) is 48.5 Å². The van der Waals surface area contributed by atoms with Crippen molar-refractivity contribution in [3.63, 3.8) is 0 Å². The molecule has 2 aromatic heterocycles. The zero-order chi connectivity index (χ0) is 18.1. The number of benzene rings is 2. The number of nitrogens with one attached hydrogen (secondary N) is 3. The minimum Gasteiger partial charge on any atom is -0.324 e. The Balaban J connectivity index is 1.74. The Labute approximate surface area is 151 Å². The Morgan fingerprint density at radius 1 is 0.846 bits per heavy atom. The van der Waals surface area contributed by atoms with Gasteiger partial charge in [0.2, 0.25) is 5.95 Å². The molecule has 0 spiro atoms. The number of hydrogen-bond acceptors (Lipinski definition) is 5. The van der Waals surface area contributed by atoms with Crippen molar-refractivity contribution in [3.8, 4) is 0 Å². The minimum absolute atomic E-state index is 0.543. The van der Waals surface area contributed by atoms with Gasteiger partial charge in [-0.25, -0.2) is 4.98 Å². The molecule has 0 fully saturated rings. The van der Waals surface area contributed by atoms with Crippen LogP contribution in [0.1, 0.15) is 16.8 Å². The first-order chi connectivity index (χ1) is 12.6. The van der Waals surface area contributed by atoms with Crippen LogP contribution >= 0.6 is 0 Å². The van der Waals surface area contributed by atoms with Gasteiger partial charge in [0, 0.05) is 22.8 Å². The average molecular weight is 344 g/mol. The molecule has 130 valence electrons. The number of fused-ring (bicyclic) bond motifs is 1. The molecule has 0 amide bonds. The summed E-state index contributed by atoms with van der Waals surface area (Å²) >= 11 is 0. The zero-order valence-corrected chi connectivity index (χ0v) is 15.0. The summed E-state index contributed by atoms with van der Waals surface area (Å²) < 4.78 is 0. The van der Waals surface area contributed by atoms with E-state index in [9.17, 15) is 0 Å². The third-order valence-electron chi connectivity index (χ3n) is 4.32. The van der Waals surface area contributed by atoms with Crippen LogP contribution in [0, 0.1) is 20.8 Å². The lowest BCUT2D eigenvalue weighted by Crippen LogP contribution is -2.02. The van der Waals surface area contributed by atoms with Crippen LogP contribution in [0.3, 0.4) is 0 Å². The van der Waals surface area contributed by atoms with E-state index in [1.807, 2.05) is 43.3 Å². The summed E-state index contributed by atoms with van der Waals surface area (Å²) in [6.45, 7) is 6.15. The van der Waals surface area contributed by atoms with Crippen molar-refractivity contribution in [2.24, 2.45) is 0 Å². The summed E-state index contributed by atoms with van der Waals surface area (Å²) in [5.74, 6) is 1.98. The largest absolute Gasteiger partial charge is 0.324 e. The number of H-pyrrole nitrogens is 1. The third kappa shape index (κ3) is 3.21. The van der Waals surface area contributed by atoms with E-state index < -0.39 is 0 Å². The van der Waals surface area contributed by atoms with Gasteiger partial charge < -0.3 is 10.6 Å². The van der Waals surface area contributed by atoms with Crippen LogP contribution in [0.2, 0.25) is 0 Å². The molecular formula is C20H20N6. The molecule has 4 rings (SSSR count). The topological polar surface area (TPSA) is 78.5 Å². The highest BCUT2D eigenvalue weighted by Gasteiger charge is 2.10. The monoisotopic (exact) mass is 344 g/mol. The highest BCUT2D eigenvalue weighted by molar-refractivity contribution is 5.91. The van der Waals surface area contributed by atoms with Crippen molar-refractivity contribution in [2.45, 2.75) is 20.8 Å². The quantitative estimate of drug-likeness (QED) is 0.497. The van der Waals surface area contributed by atoms with Crippen LogP contribution in [-0.4, -0.2) is 20.2 Å². The Morgan fingerprint density at radius 2 is 1.69 bits per heavy atom. The SMILES string of the molecule is Cc1cc(Nc2nc(Nc3ccc(C)c(C)c3)nc3ccccc23)n[nH]1. The molecule has 6 heteroatoms. The fourth-order valence-electron chi connectivity index (χ4n) is 2.78. The van der Waals surface area contributed by atoms with Crippen molar-refractivity contribution < 1.29 is 0 Å². The first-order valence-corrected chi connectivity index (χ1v) is 8.48. The molecule has 26 heavy (non-hydrogen) atoms. The van der Waals surface area contributed by atoms with Gasteiger partial charge in [0.05, 0.1) is 5.52 Å². The molecule has 0 aliphatic rings. The summed E-state index contributed by atoms with van der Waals surface area (Å²) in [6, 6.07) is 16.1. The molecular weight excluding hydrogens is 324 g/mol. The lowest BCUT2D eigenvalue weighted by molar-refractivity contribution is 1.05. The summed E-state index contributed by atoms with van der Waals surface area (Å²) in [7, 11) is 0. The van der Waals surface area contributed by atoms with Gasteiger partial charge in [-0.2, -0.15) is 10.1 Å². The van der Waals surface area contributed by atoms with E-state index in [1.54, 1.807) is 0 Å². The molecule has 0 unspecified atom stereocenters. The van der Waals surface area contributed by atoms with Crippen LogP contribution in [-0.2, 0) is 0 Å². The molecule has 0 aliphatic carbocycles. The molecule has 2 aromatic carbocycles. The van der Waals surface area contributed by atoms with Crippen LogP contribution in [0.25, 0.3) is 10.9 Å². The number of rotatable bonds is 4. The summed E-state index contributed by atoms with van der Waals surface area (Å²) in [4.78, 5) is 9.31. The van der Waals surface area contributed by atoms with Crippen molar-refractivity contribution in [1.29, 1.82) is 0 Å². The van der Waals surface area contributed by atoms with Gasteiger partial charge in [0.15, 0.2) is 5.82 Å². The lowest BCUT2D eigenvalue weighted by Gasteiger charge is -2.11. The maximum Gasteiger partial charge on any atom is 0.229 e. The van der Waals surface area contributed by atoms with Crippen molar-refractivity contribution >= 4 is 34.2 Å². The van der Waals surface area contributed by atoms with Gasteiger partial charge >= 0.3 is 0 Å². The normalized spacial score (nSPS) is 10.9. The molecule has 3 N–H and O–H groups in total. The van der Waals surface area contributed by atoms with Crippen LogP contribution in [0.5, 0.6) is 0 Å². The molecule has 0 atom stereocenters. The molecule has 0 saturated heterocycles. The lowest BCUT2D eigenvalue weighted by atomic mass is 10.1. The van der Waals surface area contributed by atoms with Crippen LogP contribution < -0.4 is 10.6 Å². The van der Waals surface area contributed by atoms with E-state index in [4.69, 9.17) is 0 Å². The summed E-state index contributed by atoms with van der Waals surface area (Å²) in [5, 5.41) is 14.7. The Hall–Kier alpha value is -3.41. The number of para-hydroxylation sites is 1. The number of hydrogen-bond donors (Lipinski definition) is 3. The van der Waals surface area contributed by atoms with E-state index in [0.29, 0.717) is 11.8 Å². The Kier molecular flexibility index (Phi) is 4.01. The molecule has 0 aliphatic heterocycles. The number of aromatic nitrogens is 4. The second-order valence-electron chi connectivity index (χ2n) is 6.40. The molecule has 0 bridgehead atoms. The second-order valence-corrected chi connectivity index (χ2v) is 6.40. The van der Waals surface area contributed by atoms with Gasteiger partial charge in [0.1, 0.15) is 5.82 Å². The maximum absolute atomic E-state index is 4.67. The Bertz CT molecular complexity index is 1080. The smallest absolute Gasteiger partial charge is 0.229 e. The highest BCUT2D eigenvalue weighted by Crippen LogP contribution is 2.26. The van der Waals surface area contributed by atoms with E-state index in [1.165, 1.54) is 11.1 Å². The molecule has 6 nitrogen and oxygen atoms in total. The number of nitrogens with zero attached hydrogens (tertiary/aromatic N) is 3. The van der Waals surface area contributed by atoms with E-state index in [2.05, 4.69) is 56.8 Å². The number of aromatic amines is 1. The third-order valence-corrected chi connectivity index (χ3v) is 4.32. The first kappa shape index (κ1) is 16.1. The first-order valence-electron chi connectivity index (χ1n) is 8.48. The molecule has 0 saturated carbocycles. The van der Waals surface area contributed by atoms with Gasteiger partial charge in [-0.3, -0.25) is 5.10 Å². The van der Waals surface area contributed by atoms with Crippen molar-refractivity contribution in [2.75, 3.05) is 10.6 Å². The standard InChI is InChI=1S/C20H20N6/c1-12-8-9-15(10-13(12)2)21-20-22-17-7-5-4-6-16(17)19(24-20)23-18-11-14(3)25-26-18/h4-11H,1-3H3,(H3,21,22,23,24,25,26). The predicted molar refractivity (Wildman–Crippen MR) is 105 cm³/mol. The molecule has 2 heterocycles. The van der Waals surface area contributed by atoms with Gasteiger partial charge in [-0.15, -0.1) is 0 Å². The fourth-order valence-corrected chi connectivity index (χ4v) is 2.78. The molecule has 4 aromatic rings. The van der Waals surface area contributed by atoms with Gasteiger partial charge in [-0.1, -0.05) is 18.2 Å². The predicted octanol–water partition coefficient (Wildman–Crippen LogP) is 4.77. The van der Waals surface area contributed by atoms with E-state index >= 15 is 0 Å². The zero-order valence-electron chi connectivity index (χ0n) is 15.0. The van der Waals surface area contributed by atoms with Crippen molar-refractivity contribution in [3.05, 3.63) is 65.4 Å². The fraction of sp³-hybridized carbons (Fsp3) is 0.150. The van der Waals surface area contributed by atoms with Crippen LogP contribution in [0.4, 0.5) is 23.3 Å². The Morgan fingerprint density at radius 3 is 2.46 bits per heavy atom. The van der Waals surface area contributed by atoms with Crippen molar-refractivity contribution in [1.82, 2.24) is 20.2 Å². The van der Waals surface area contributed by atoms with Gasteiger partial charge in [0.25, 0.3) is 0 Å². The van der Waals surface area contributed by atoms with E-state index in [-0.39, 0.29) is 0 Å². The van der Waals surface area contributed by atoms with Gasteiger partial charge in [-0.05, 0) is 56.2 Å². The average Bonchev–Trinajstić information content (AvgIpc) is 3.03. The minimum atomic E-state index is 0.543. The molecule has 0 radical (unpaired) electrons. The van der Waals surface area contributed by atoms with E-state index in [0.717, 1.165) is 28.1 Å².